The number of rotatable bonds is 8. The molecule has 0 aromatic heterocycles. The monoisotopic (exact) mass is 379 g/mol. The number of carbonyl (C=O) groups is 1. The zero-order chi connectivity index (χ0) is 16.7. The van der Waals surface area contributed by atoms with Crippen LogP contribution in [0.4, 0.5) is 0 Å². The maximum atomic E-state index is 11.6. The van der Waals surface area contributed by atoms with Crippen molar-refractivity contribution in [1.29, 1.82) is 0 Å². The van der Waals surface area contributed by atoms with Gasteiger partial charge in [0.25, 0.3) is 0 Å². The van der Waals surface area contributed by atoms with E-state index in [2.05, 4.69) is 5.32 Å². The van der Waals surface area contributed by atoms with Crippen LogP contribution in [0, 0.1) is 0 Å². The van der Waals surface area contributed by atoms with E-state index in [0.717, 1.165) is 15.8 Å². The van der Waals surface area contributed by atoms with E-state index >= 15 is 0 Å². The molecule has 0 fully saturated rings. The molecule has 0 amide bonds. The van der Waals surface area contributed by atoms with Crippen LogP contribution in [-0.2, 0) is 11.3 Å². The Hall–Kier alpha value is -1.81. The van der Waals surface area contributed by atoms with E-state index in [1.54, 1.807) is 7.11 Å². The fraction of sp³-hybridized carbons (Fsp3) is 0.278. The molecule has 2 N–H and O–H groups in total. The van der Waals surface area contributed by atoms with Crippen LogP contribution in [0.25, 0.3) is 0 Å². The summed E-state index contributed by atoms with van der Waals surface area (Å²) in [6.45, 7) is 2.58. The van der Waals surface area contributed by atoms with Crippen molar-refractivity contribution in [2.24, 2.45) is 0 Å². The van der Waals surface area contributed by atoms with Crippen LogP contribution in [0.3, 0.4) is 0 Å². The van der Waals surface area contributed by atoms with Crippen LogP contribution in [0.1, 0.15) is 12.5 Å². The molecule has 23 heavy (non-hydrogen) atoms. The number of nitrogens with one attached hydrogen (secondary N) is 1. The van der Waals surface area contributed by atoms with Crippen molar-refractivity contribution in [3.05, 3.63) is 60.2 Å². The Labute approximate surface area is 143 Å². The van der Waals surface area contributed by atoms with E-state index in [9.17, 15) is 9.90 Å². The summed E-state index contributed by atoms with van der Waals surface area (Å²) in [7, 11) is 1.64. The van der Waals surface area contributed by atoms with Gasteiger partial charge in [-0.15, -0.1) is 0 Å². The van der Waals surface area contributed by atoms with Crippen molar-refractivity contribution in [2.45, 2.75) is 24.3 Å². The van der Waals surface area contributed by atoms with Gasteiger partial charge in [0.05, 0.1) is 0 Å². The third kappa shape index (κ3) is 5.39. The molecule has 2 atom stereocenters. The third-order valence-electron chi connectivity index (χ3n) is 3.49. The Morgan fingerprint density at radius 1 is 1.17 bits per heavy atom. The minimum atomic E-state index is -0.747. The topological polar surface area (TPSA) is 58.6 Å². The summed E-state index contributed by atoms with van der Waals surface area (Å²) < 4.78 is 6.24. The van der Waals surface area contributed by atoms with E-state index in [1.807, 2.05) is 61.5 Å². The summed E-state index contributed by atoms with van der Waals surface area (Å²) in [5.74, 6) is 0.0706. The molecule has 0 spiro atoms. The van der Waals surface area contributed by atoms with Crippen molar-refractivity contribution in [2.75, 3.05) is 7.11 Å². The molecule has 4 nitrogen and oxygen atoms in total. The molecule has 2 unspecified atom stereocenters. The van der Waals surface area contributed by atoms with E-state index in [-0.39, 0.29) is 21.0 Å². The predicted octanol–water partition coefficient (Wildman–Crippen LogP) is 2.08. The van der Waals surface area contributed by atoms with Gasteiger partial charge in [-0.2, -0.15) is 0 Å². The van der Waals surface area contributed by atoms with E-state index in [4.69, 9.17) is 4.74 Å². The predicted molar refractivity (Wildman–Crippen MR) is 92.5 cm³/mol. The standard InChI is InChI=1S/C18H21NO3Se/c1-13(19-12-14-8-10-15(22-2)11-9-14)17(18(20)21)23-16-6-4-3-5-7-16/h3-11,13,17,19H,12H2,1-2H3,(H,20,21). The molecule has 2 aromatic rings. The molecular formula is C18H21NO3Se. The molecule has 0 saturated carbocycles. The average molecular weight is 378 g/mol. The molecule has 0 heterocycles. The summed E-state index contributed by atoms with van der Waals surface area (Å²) in [5.41, 5.74) is 1.11. The molecule has 5 heteroatoms. The minimum absolute atomic E-state index is 0.102. The summed E-state index contributed by atoms with van der Waals surface area (Å²) in [6.07, 6.45) is 0. The van der Waals surface area contributed by atoms with Gasteiger partial charge in [0.2, 0.25) is 0 Å². The van der Waals surface area contributed by atoms with Crippen molar-refractivity contribution < 1.29 is 14.6 Å². The van der Waals surface area contributed by atoms with Gasteiger partial charge in [-0.05, 0) is 0 Å². The molecule has 0 aliphatic rings. The zero-order valence-corrected chi connectivity index (χ0v) is 14.9. The second kappa shape index (κ2) is 8.73. The number of ether oxygens (including phenoxy) is 1. The van der Waals surface area contributed by atoms with E-state index in [1.165, 1.54) is 0 Å². The quantitative estimate of drug-likeness (QED) is 0.691. The summed E-state index contributed by atoms with van der Waals surface area (Å²) in [6, 6.07) is 17.5. The van der Waals surface area contributed by atoms with Gasteiger partial charge in [-0.25, -0.2) is 0 Å². The van der Waals surface area contributed by atoms with Crippen LogP contribution in [0.2, 0.25) is 4.82 Å². The summed E-state index contributed by atoms with van der Waals surface area (Å²) in [4.78, 5) is 11.2. The van der Waals surface area contributed by atoms with Gasteiger partial charge in [0.1, 0.15) is 0 Å². The van der Waals surface area contributed by atoms with Crippen molar-refractivity contribution in [3.63, 3.8) is 0 Å². The van der Waals surface area contributed by atoms with Crippen LogP contribution >= 0.6 is 0 Å². The van der Waals surface area contributed by atoms with Crippen LogP contribution in [0.5, 0.6) is 5.75 Å². The van der Waals surface area contributed by atoms with Gasteiger partial charge in [-0.3, -0.25) is 0 Å². The second-order valence-corrected chi connectivity index (χ2v) is 7.76. The second-order valence-electron chi connectivity index (χ2n) is 5.21. The molecular weight excluding hydrogens is 357 g/mol. The number of carboxylic acid groups (broad SMARTS) is 1. The molecule has 0 bridgehead atoms. The first-order valence-corrected chi connectivity index (χ1v) is 9.25. The van der Waals surface area contributed by atoms with Gasteiger partial charge in [-0.1, -0.05) is 0 Å². The number of hydrogen-bond donors (Lipinski definition) is 2. The van der Waals surface area contributed by atoms with E-state index < -0.39 is 10.8 Å². The fourth-order valence-corrected chi connectivity index (χ4v) is 4.26. The molecule has 0 radical (unpaired) electrons. The van der Waals surface area contributed by atoms with Crippen molar-refractivity contribution in [1.82, 2.24) is 5.32 Å². The maximum absolute atomic E-state index is 11.6. The first-order chi connectivity index (χ1) is 11.1. The third-order valence-corrected chi connectivity index (χ3v) is 6.45. The number of carboxylic acids is 1. The van der Waals surface area contributed by atoms with Crippen LogP contribution < -0.4 is 14.5 Å². The first kappa shape index (κ1) is 17.5. The Kier molecular flexibility index (Phi) is 6.65. The fourth-order valence-electron chi connectivity index (χ4n) is 2.14. The Morgan fingerprint density at radius 2 is 1.83 bits per heavy atom. The molecule has 0 aliphatic heterocycles. The Bertz CT molecular complexity index is 616. The number of aliphatic carboxylic acids is 1. The van der Waals surface area contributed by atoms with Crippen molar-refractivity contribution in [3.8, 4) is 5.75 Å². The van der Waals surface area contributed by atoms with Crippen LogP contribution in [-0.4, -0.2) is 39.2 Å². The first-order valence-electron chi connectivity index (χ1n) is 7.41. The average Bonchev–Trinajstić information content (AvgIpc) is 2.58. The van der Waals surface area contributed by atoms with Gasteiger partial charge < -0.3 is 0 Å². The zero-order valence-electron chi connectivity index (χ0n) is 13.2. The van der Waals surface area contributed by atoms with Gasteiger partial charge >= 0.3 is 143 Å². The molecule has 122 valence electrons. The molecule has 0 saturated heterocycles. The molecule has 0 aliphatic carbocycles. The Morgan fingerprint density at radius 3 is 2.39 bits per heavy atom. The van der Waals surface area contributed by atoms with Gasteiger partial charge in [0.15, 0.2) is 0 Å². The Balaban J connectivity index is 1.95. The van der Waals surface area contributed by atoms with E-state index in [0.29, 0.717) is 6.54 Å². The molecule has 2 aromatic carbocycles. The SMILES string of the molecule is COc1ccc(CNC(C)C([Se]c2ccccc2)C(=O)O)cc1. The van der Waals surface area contributed by atoms with Crippen LogP contribution in [0.15, 0.2) is 54.6 Å². The summed E-state index contributed by atoms with van der Waals surface area (Å²) >= 11 is -0.112. The molecule has 2 rings (SSSR count). The number of methoxy groups -OCH3 is 1. The number of hydrogen-bond acceptors (Lipinski definition) is 3. The number of benzene rings is 2. The van der Waals surface area contributed by atoms with Crippen molar-refractivity contribution >= 4 is 25.4 Å². The normalized spacial score (nSPS) is 13.3. The summed E-state index contributed by atoms with van der Waals surface area (Å²) in [5, 5.41) is 12.9. The van der Waals surface area contributed by atoms with Gasteiger partial charge in [0, 0.05) is 0 Å².